The molecule has 1 unspecified atom stereocenters. The van der Waals surface area contributed by atoms with Crippen LogP contribution in [-0.2, 0) is 4.74 Å². The average molecular weight is 225 g/mol. The first-order valence-electron chi connectivity index (χ1n) is 4.93. The maximum absolute atomic E-state index is 6.01. The molecule has 0 saturated heterocycles. The van der Waals surface area contributed by atoms with Crippen molar-refractivity contribution in [3.8, 4) is 5.75 Å². The van der Waals surface area contributed by atoms with Crippen LogP contribution in [0.1, 0.15) is 6.92 Å². The highest BCUT2D eigenvalue weighted by Gasteiger charge is 2.17. The zero-order valence-electron chi connectivity index (χ0n) is 8.57. The fraction of sp³-hybridized carbons (Fsp3) is 0.333. The lowest BCUT2D eigenvalue weighted by atomic mass is 10.1. The number of para-hydroxylation sites is 1. The molecule has 0 saturated carbocycles. The molecule has 1 aliphatic heterocycles. The summed E-state index contributed by atoms with van der Waals surface area (Å²) in [7, 11) is 0. The Bertz CT molecular complexity index is 374. The second kappa shape index (κ2) is 4.69. The molecule has 1 heterocycles. The molecule has 0 aliphatic carbocycles. The third kappa shape index (κ3) is 2.52. The van der Waals surface area contributed by atoms with Crippen molar-refractivity contribution >= 4 is 11.6 Å². The minimum atomic E-state index is -0.0151. The van der Waals surface area contributed by atoms with Crippen molar-refractivity contribution in [2.45, 2.75) is 13.0 Å². The van der Waals surface area contributed by atoms with Crippen LogP contribution in [0, 0.1) is 0 Å². The normalized spacial score (nSPS) is 20.9. The van der Waals surface area contributed by atoms with Gasteiger partial charge in [0.1, 0.15) is 11.9 Å². The second-order valence-electron chi connectivity index (χ2n) is 3.52. The molecule has 80 valence electrons. The van der Waals surface area contributed by atoms with Crippen LogP contribution in [0.4, 0.5) is 0 Å². The third-order valence-electron chi connectivity index (χ3n) is 2.41. The van der Waals surface area contributed by atoms with Crippen LogP contribution in [0.5, 0.6) is 5.75 Å². The number of hydrogen-bond donors (Lipinski definition) is 0. The minimum Gasteiger partial charge on any atom is -0.482 e. The summed E-state index contributed by atoms with van der Waals surface area (Å²) in [5.41, 5.74) is 1.20. The summed E-state index contributed by atoms with van der Waals surface area (Å²) in [4.78, 5) is 0. The van der Waals surface area contributed by atoms with Crippen LogP contribution in [-0.4, -0.2) is 19.3 Å². The summed E-state index contributed by atoms with van der Waals surface area (Å²) < 4.78 is 11.1. The maximum atomic E-state index is 6.01. The van der Waals surface area contributed by atoms with Crippen LogP contribution < -0.4 is 4.74 Å². The molecule has 0 radical (unpaired) electrons. The van der Waals surface area contributed by atoms with Gasteiger partial charge in [-0.25, -0.2) is 0 Å². The Balaban J connectivity index is 2.12. The van der Waals surface area contributed by atoms with Gasteiger partial charge < -0.3 is 9.47 Å². The van der Waals surface area contributed by atoms with Gasteiger partial charge in [0.05, 0.1) is 18.2 Å². The van der Waals surface area contributed by atoms with E-state index in [0.717, 1.165) is 0 Å². The predicted molar refractivity (Wildman–Crippen MR) is 60.4 cm³/mol. The molecule has 3 heteroatoms. The Kier molecular flexibility index (Phi) is 3.29. The van der Waals surface area contributed by atoms with E-state index < -0.39 is 0 Å². The highest BCUT2D eigenvalue weighted by Crippen LogP contribution is 2.26. The molecule has 0 aromatic heterocycles. The molecule has 2 rings (SSSR count). The highest BCUT2D eigenvalue weighted by molar-refractivity contribution is 6.32. The lowest BCUT2D eigenvalue weighted by molar-refractivity contribution is 0.0681. The summed E-state index contributed by atoms with van der Waals surface area (Å²) >= 11 is 6.01. The number of rotatable bonds is 2. The van der Waals surface area contributed by atoms with E-state index >= 15 is 0 Å². The number of benzene rings is 1. The van der Waals surface area contributed by atoms with Crippen molar-refractivity contribution in [2.24, 2.45) is 0 Å². The molecule has 1 aromatic carbocycles. The van der Waals surface area contributed by atoms with Crippen molar-refractivity contribution in [3.05, 3.63) is 40.9 Å². The lowest BCUT2D eigenvalue weighted by Crippen LogP contribution is -2.28. The standard InChI is InChI=1S/C12H13ClO2/c1-9-6-7-14-8-12(9)15-11-5-3-2-4-10(11)13/h2-6,12H,7-8H2,1H3. The zero-order valence-corrected chi connectivity index (χ0v) is 9.33. The van der Waals surface area contributed by atoms with Crippen molar-refractivity contribution < 1.29 is 9.47 Å². The van der Waals surface area contributed by atoms with Crippen molar-refractivity contribution in [1.29, 1.82) is 0 Å². The fourth-order valence-electron chi connectivity index (χ4n) is 1.45. The summed E-state index contributed by atoms with van der Waals surface area (Å²) in [6.07, 6.45) is 2.02. The molecule has 0 N–H and O–H groups in total. The molecule has 2 nitrogen and oxygen atoms in total. The number of ether oxygens (including phenoxy) is 2. The van der Waals surface area contributed by atoms with Gasteiger partial charge in [0.15, 0.2) is 0 Å². The smallest absolute Gasteiger partial charge is 0.143 e. The first-order chi connectivity index (χ1) is 7.27. The molecule has 0 amide bonds. The van der Waals surface area contributed by atoms with Crippen LogP contribution in [0.25, 0.3) is 0 Å². The van der Waals surface area contributed by atoms with Gasteiger partial charge in [-0.2, -0.15) is 0 Å². The van der Waals surface area contributed by atoms with Crippen molar-refractivity contribution in [3.63, 3.8) is 0 Å². The van der Waals surface area contributed by atoms with Gasteiger partial charge in [-0.15, -0.1) is 0 Å². The zero-order chi connectivity index (χ0) is 10.7. The van der Waals surface area contributed by atoms with Gasteiger partial charge >= 0.3 is 0 Å². The van der Waals surface area contributed by atoms with E-state index in [4.69, 9.17) is 21.1 Å². The van der Waals surface area contributed by atoms with Crippen LogP contribution in [0.15, 0.2) is 35.9 Å². The van der Waals surface area contributed by atoms with Crippen LogP contribution in [0.3, 0.4) is 0 Å². The van der Waals surface area contributed by atoms with Gasteiger partial charge in [-0.3, -0.25) is 0 Å². The van der Waals surface area contributed by atoms with Gasteiger partial charge in [-0.1, -0.05) is 29.8 Å². The SMILES string of the molecule is CC1=CCOCC1Oc1ccccc1Cl. The van der Waals surface area contributed by atoms with E-state index in [9.17, 15) is 0 Å². The first-order valence-corrected chi connectivity index (χ1v) is 5.31. The Labute approximate surface area is 94.5 Å². The summed E-state index contributed by atoms with van der Waals surface area (Å²) in [5, 5.41) is 0.635. The summed E-state index contributed by atoms with van der Waals surface area (Å²) in [6.45, 7) is 3.31. The van der Waals surface area contributed by atoms with E-state index in [1.807, 2.05) is 37.3 Å². The molecule has 1 aromatic rings. The average Bonchev–Trinajstić information content (AvgIpc) is 2.24. The quantitative estimate of drug-likeness (QED) is 0.719. The van der Waals surface area contributed by atoms with E-state index in [1.165, 1.54) is 5.57 Å². The van der Waals surface area contributed by atoms with Crippen LogP contribution in [0.2, 0.25) is 5.02 Å². The molecular weight excluding hydrogens is 212 g/mol. The van der Waals surface area contributed by atoms with Crippen LogP contribution >= 0.6 is 11.6 Å². The van der Waals surface area contributed by atoms with Gasteiger partial charge in [0, 0.05) is 0 Å². The maximum Gasteiger partial charge on any atom is 0.143 e. The first kappa shape index (κ1) is 10.5. The fourth-order valence-corrected chi connectivity index (χ4v) is 1.63. The summed E-state index contributed by atoms with van der Waals surface area (Å²) in [6, 6.07) is 7.48. The molecule has 0 bridgehead atoms. The highest BCUT2D eigenvalue weighted by atomic mass is 35.5. The monoisotopic (exact) mass is 224 g/mol. The molecule has 0 spiro atoms. The largest absolute Gasteiger partial charge is 0.482 e. The van der Waals surface area contributed by atoms with E-state index in [1.54, 1.807) is 0 Å². The topological polar surface area (TPSA) is 18.5 Å². The predicted octanol–water partition coefficient (Wildman–Crippen LogP) is 3.06. The minimum absolute atomic E-state index is 0.0151. The van der Waals surface area contributed by atoms with Gasteiger partial charge in [0.2, 0.25) is 0 Å². The Hall–Kier alpha value is -0.990. The van der Waals surface area contributed by atoms with Gasteiger partial charge in [0.25, 0.3) is 0 Å². The van der Waals surface area contributed by atoms with Crippen molar-refractivity contribution in [2.75, 3.05) is 13.2 Å². The Morgan fingerprint density at radius 3 is 2.93 bits per heavy atom. The van der Waals surface area contributed by atoms with E-state index in [0.29, 0.717) is 24.0 Å². The molecule has 1 aliphatic rings. The van der Waals surface area contributed by atoms with Gasteiger partial charge in [-0.05, 0) is 24.6 Å². The third-order valence-corrected chi connectivity index (χ3v) is 2.72. The van der Waals surface area contributed by atoms with E-state index in [-0.39, 0.29) is 6.10 Å². The van der Waals surface area contributed by atoms with Crippen molar-refractivity contribution in [1.82, 2.24) is 0 Å². The number of hydrogen-bond acceptors (Lipinski definition) is 2. The molecule has 15 heavy (non-hydrogen) atoms. The summed E-state index contributed by atoms with van der Waals surface area (Å²) in [5.74, 6) is 0.711. The van der Waals surface area contributed by atoms with E-state index in [2.05, 4.69) is 0 Å². The molecule has 1 atom stereocenters. The Morgan fingerprint density at radius 2 is 2.20 bits per heavy atom. The second-order valence-corrected chi connectivity index (χ2v) is 3.93. The number of halogens is 1. The Morgan fingerprint density at radius 1 is 1.40 bits per heavy atom. The molecule has 0 fully saturated rings. The molecular formula is C12H13ClO2. The lowest BCUT2D eigenvalue weighted by Gasteiger charge is -2.23.